The number of nitrogens with one attached hydrogen (secondary N) is 1. The van der Waals surface area contributed by atoms with Gasteiger partial charge in [0.05, 0.1) is 10.6 Å². The molecule has 2 aromatic rings. The molecule has 0 bridgehead atoms. The number of hydrogen-bond acceptors (Lipinski definition) is 4. The first-order chi connectivity index (χ1) is 9.70. The molecule has 0 aliphatic heterocycles. The number of benzene rings is 2. The predicted molar refractivity (Wildman–Crippen MR) is 89.1 cm³/mol. The van der Waals surface area contributed by atoms with E-state index in [1.807, 2.05) is 25.1 Å². The predicted octanol–water partition coefficient (Wildman–Crippen LogP) is 3.04. The average molecular weight is 370 g/mol. The molecule has 0 saturated heterocycles. The fraction of sp³-hybridized carbons (Fsp3) is 0.143. The van der Waals surface area contributed by atoms with Crippen molar-refractivity contribution in [2.24, 2.45) is 5.14 Å². The molecule has 0 radical (unpaired) electrons. The van der Waals surface area contributed by atoms with Crippen LogP contribution < -0.4 is 16.2 Å². The van der Waals surface area contributed by atoms with E-state index in [0.29, 0.717) is 16.9 Å². The number of nitrogen functional groups attached to an aromatic ring is 1. The molecule has 2 rings (SSSR count). The molecule has 0 saturated carbocycles. The second-order valence-electron chi connectivity index (χ2n) is 4.80. The monoisotopic (exact) mass is 369 g/mol. The maximum atomic E-state index is 11.6. The Morgan fingerprint density at radius 3 is 2.43 bits per heavy atom. The van der Waals surface area contributed by atoms with E-state index >= 15 is 0 Å². The highest BCUT2D eigenvalue weighted by molar-refractivity contribution is 9.10. The Morgan fingerprint density at radius 1 is 1.14 bits per heavy atom. The molecule has 0 aromatic heterocycles. The zero-order valence-electron chi connectivity index (χ0n) is 11.6. The highest BCUT2D eigenvalue weighted by Gasteiger charge is 2.16. The van der Waals surface area contributed by atoms with E-state index in [4.69, 9.17) is 10.9 Å². The molecule has 5 nitrogen and oxygen atoms in total. The molecule has 7 heteroatoms. The van der Waals surface area contributed by atoms with E-state index in [2.05, 4.69) is 21.2 Å². The van der Waals surface area contributed by atoms with Gasteiger partial charge in [-0.1, -0.05) is 12.1 Å². The van der Waals surface area contributed by atoms with Crippen LogP contribution in [0.1, 0.15) is 11.1 Å². The Morgan fingerprint density at radius 2 is 1.81 bits per heavy atom. The number of halogens is 1. The van der Waals surface area contributed by atoms with Gasteiger partial charge in [-0.15, -0.1) is 0 Å². The number of hydrogen-bond donors (Lipinski definition) is 3. The molecule has 0 unspecified atom stereocenters. The quantitative estimate of drug-likeness (QED) is 0.724. The van der Waals surface area contributed by atoms with Crippen LogP contribution in [0.5, 0.6) is 0 Å². The van der Waals surface area contributed by atoms with Crippen molar-refractivity contribution >= 4 is 43.0 Å². The lowest BCUT2D eigenvalue weighted by atomic mass is 10.1. The molecule has 21 heavy (non-hydrogen) atoms. The lowest BCUT2D eigenvalue weighted by molar-refractivity contribution is 0.597. The Balaban J connectivity index is 2.55. The summed E-state index contributed by atoms with van der Waals surface area (Å²) < 4.78 is 24.1. The van der Waals surface area contributed by atoms with Gasteiger partial charge in [-0.05, 0) is 59.1 Å². The summed E-state index contributed by atoms with van der Waals surface area (Å²) >= 11 is 3.50. The van der Waals surface area contributed by atoms with Crippen LogP contribution in [0.2, 0.25) is 0 Å². The first-order valence-corrected chi connectivity index (χ1v) is 8.49. The zero-order chi connectivity index (χ0) is 15.8. The molecule has 0 spiro atoms. The normalized spacial score (nSPS) is 11.4. The van der Waals surface area contributed by atoms with Crippen molar-refractivity contribution in [3.05, 3.63) is 45.9 Å². The van der Waals surface area contributed by atoms with E-state index in [9.17, 15) is 8.42 Å². The first-order valence-electron chi connectivity index (χ1n) is 6.15. The molecule has 0 aliphatic carbocycles. The van der Waals surface area contributed by atoms with Gasteiger partial charge in [0.1, 0.15) is 0 Å². The van der Waals surface area contributed by atoms with Crippen molar-refractivity contribution in [3.63, 3.8) is 0 Å². The molecule has 5 N–H and O–H groups in total. The van der Waals surface area contributed by atoms with E-state index < -0.39 is 10.0 Å². The van der Waals surface area contributed by atoms with Crippen molar-refractivity contribution in [2.45, 2.75) is 18.7 Å². The number of nitrogens with two attached hydrogens (primary N) is 2. The van der Waals surface area contributed by atoms with Gasteiger partial charge in [0, 0.05) is 15.8 Å². The third-order valence-corrected chi connectivity index (χ3v) is 5.24. The van der Waals surface area contributed by atoms with Gasteiger partial charge in [-0.3, -0.25) is 0 Å². The largest absolute Gasteiger partial charge is 0.399 e. The maximum absolute atomic E-state index is 11.6. The number of primary sulfonamides is 1. The van der Waals surface area contributed by atoms with Crippen LogP contribution in [0, 0.1) is 13.8 Å². The second kappa shape index (κ2) is 5.67. The van der Waals surface area contributed by atoms with Gasteiger partial charge in [-0.25, -0.2) is 13.6 Å². The molecular weight excluding hydrogens is 354 g/mol. The Bertz CT molecular complexity index is 804. The highest BCUT2D eigenvalue weighted by atomic mass is 79.9. The van der Waals surface area contributed by atoms with Gasteiger partial charge < -0.3 is 11.1 Å². The van der Waals surface area contributed by atoms with Crippen molar-refractivity contribution < 1.29 is 8.42 Å². The molecule has 112 valence electrons. The Labute approximate surface area is 132 Å². The highest BCUT2D eigenvalue weighted by Crippen LogP contribution is 2.32. The van der Waals surface area contributed by atoms with E-state index in [0.717, 1.165) is 15.7 Å². The van der Waals surface area contributed by atoms with Crippen LogP contribution >= 0.6 is 15.9 Å². The summed E-state index contributed by atoms with van der Waals surface area (Å²) in [5.41, 5.74) is 9.12. The third-order valence-electron chi connectivity index (χ3n) is 3.15. The number of rotatable bonds is 3. The average Bonchev–Trinajstić information content (AvgIpc) is 2.37. The molecule has 0 heterocycles. The minimum Gasteiger partial charge on any atom is -0.399 e. The summed E-state index contributed by atoms with van der Waals surface area (Å²) in [6.07, 6.45) is 0. The maximum Gasteiger partial charge on any atom is 0.238 e. The summed E-state index contributed by atoms with van der Waals surface area (Å²) in [6, 6.07) is 8.80. The minimum absolute atomic E-state index is 0.0220. The van der Waals surface area contributed by atoms with Crippen LogP contribution in [0.4, 0.5) is 17.1 Å². The van der Waals surface area contributed by atoms with Gasteiger partial charge in [0.15, 0.2) is 0 Å². The van der Waals surface area contributed by atoms with Gasteiger partial charge in [-0.2, -0.15) is 0 Å². The standard InChI is InChI=1S/C14H16BrN3O2S/c1-8-4-3-5-11(14(8)15)18-12-6-10(16)7-13(9(12)2)21(17,19)20/h3-7,18H,16H2,1-2H3,(H2,17,19,20). The van der Waals surface area contributed by atoms with Gasteiger partial charge >= 0.3 is 0 Å². The zero-order valence-corrected chi connectivity index (χ0v) is 14.0. The minimum atomic E-state index is -3.82. The van der Waals surface area contributed by atoms with E-state index in [-0.39, 0.29) is 4.90 Å². The summed E-state index contributed by atoms with van der Waals surface area (Å²) in [5, 5.41) is 8.41. The van der Waals surface area contributed by atoms with Crippen molar-refractivity contribution in [1.29, 1.82) is 0 Å². The molecule has 0 atom stereocenters. The smallest absolute Gasteiger partial charge is 0.238 e. The molecular formula is C14H16BrN3O2S. The summed E-state index contributed by atoms with van der Waals surface area (Å²) in [5.74, 6) is 0. The van der Waals surface area contributed by atoms with E-state index in [1.165, 1.54) is 6.07 Å². The van der Waals surface area contributed by atoms with Crippen molar-refractivity contribution in [1.82, 2.24) is 0 Å². The third kappa shape index (κ3) is 3.37. The number of sulfonamides is 1. The van der Waals surface area contributed by atoms with Gasteiger partial charge in [0.25, 0.3) is 0 Å². The van der Waals surface area contributed by atoms with Crippen LogP contribution in [-0.4, -0.2) is 8.42 Å². The Kier molecular flexibility index (Phi) is 4.27. The lowest BCUT2D eigenvalue weighted by Crippen LogP contribution is -2.15. The summed E-state index contributed by atoms with van der Waals surface area (Å²) in [6.45, 7) is 3.66. The van der Waals surface area contributed by atoms with Crippen LogP contribution in [0.3, 0.4) is 0 Å². The van der Waals surface area contributed by atoms with Crippen LogP contribution in [-0.2, 0) is 10.0 Å². The summed E-state index contributed by atoms with van der Waals surface area (Å²) in [7, 11) is -3.82. The molecule has 0 aliphatic rings. The van der Waals surface area contributed by atoms with Crippen molar-refractivity contribution in [3.8, 4) is 0 Å². The fourth-order valence-corrected chi connectivity index (χ4v) is 3.22. The van der Waals surface area contributed by atoms with Gasteiger partial charge in [0.2, 0.25) is 10.0 Å². The number of anilines is 3. The van der Waals surface area contributed by atoms with Crippen LogP contribution in [0.25, 0.3) is 0 Å². The van der Waals surface area contributed by atoms with Crippen LogP contribution in [0.15, 0.2) is 39.7 Å². The first kappa shape index (κ1) is 15.8. The lowest BCUT2D eigenvalue weighted by Gasteiger charge is -2.15. The van der Waals surface area contributed by atoms with Crippen molar-refractivity contribution in [2.75, 3.05) is 11.1 Å². The fourth-order valence-electron chi connectivity index (χ4n) is 2.02. The topological polar surface area (TPSA) is 98.2 Å². The second-order valence-corrected chi connectivity index (χ2v) is 7.12. The molecule has 0 amide bonds. The SMILES string of the molecule is Cc1cccc(Nc2cc(N)cc(S(N)(=O)=O)c2C)c1Br. The number of aryl methyl sites for hydroxylation is 1. The summed E-state index contributed by atoms with van der Waals surface area (Å²) in [4.78, 5) is 0.0220. The molecule has 2 aromatic carbocycles. The molecule has 0 fully saturated rings. The Hall–Kier alpha value is -1.57. The van der Waals surface area contributed by atoms with E-state index in [1.54, 1.807) is 13.0 Å².